The van der Waals surface area contributed by atoms with Crippen molar-refractivity contribution in [2.45, 2.75) is 6.61 Å². The number of hydrogen-bond acceptors (Lipinski definition) is 6. The van der Waals surface area contributed by atoms with Crippen molar-refractivity contribution in [1.29, 1.82) is 0 Å². The maximum absolute atomic E-state index is 11.8. The normalized spacial score (nSPS) is 10.7. The molecule has 1 amide bonds. The summed E-state index contributed by atoms with van der Waals surface area (Å²) in [6.07, 6.45) is 3.02. The molecule has 3 rings (SSSR count). The summed E-state index contributed by atoms with van der Waals surface area (Å²) in [5, 5.41) is 15.4. The van der Waals surface area contributed by atoms with Crippen molar-refractivity contribution >= 4 is 17.9 Å². The van der Waals surface area contributed by atoms with Gasteiger partial charge < -0.3 is 9.47 Å². The second-order valence-electron chi connectivity index (χ2n) is 5.24. The van der Waals surface area contributed by atoms with Crippen LogP contribution >= 0.6 is 0 Å². The number of nitrogens with zero attached hydrogens (tertiary/aromatic N) is 3. The van der Waals surface area contributed by atoms with E-state index >= 15 is 0 Å². The predicted molar refractivity (Wildman–Crippen MR) is 95.6 cm³/mol. The number of benzene rings is 2. The smallest absolute Gasteiger partial charge is 0.270 e. The summed E-state index contributed by atoms with van der Waals surface area (Å²) in [4.78, 5) is 11.8. The highest BCUT2D eigenvalue weighted by molar-refractivity contribution is 6.00. The van der Waals surface area contributed by atoms with Gasteiger partial charge in [0.1, 0.15) is 6.61 Å². The number of hydrogen-bond donors (Lipinski definition) is 2. The lowest BCUT2D eigenvalue weighted by Gasteiger charge is -2.11. The number of tetrazole rings is 1. The van der Waals surface area contributed by atoms with Crippen LogP contribution in [0.4, 0.5) is 5.95 Å². The second kappa shape index (κ2) is 8.43. The van der Waals surface area contributed by atoms with E-state index in [0.717, 1.165) is 11.1 Å². The lowest BCUT2D eigenvalue weighted by molar-refractivity contribution is -0.111. The molecule has 26 heavy (non-hydrogen) atoms. The van der Waals surface area contributed by atoms with E-state index in [-0.39, 0.29) is 11.9 Å². The quantitative estimate of drug-likeness (QED) is 0.634. The Balaban J connectivity index is 1.64. The molecule has 0 aliphatic rings. The van der Waals surface area contributed by atoms with Crippen LogP contribution in [0.25, 0.3) is 6.08 Å². The molecule has 1 heterocycles. The van der Waals surface area contributed by atoms with Crippen LogP contribution < -0.4 is 14.8 Å². The van der Waals surface area contributed by atoms with Crippen LogP contribution in [-0.4, -0.2) is 33.6 Å². The van der Waals surface area contributed by atoms with Crippen LogP contribution in [0.5, 0.6) is 11.5 Å². The molecule has 3 aromatic rings. The van der Waals surface area contributed by atoms with Gasteiger partial charge in [0.15, 0.2) is 11.5 Å². The molecule has 0 saturated carbocycles. The van der Waals surface area contributed by atoms with Gasteiger partial charge in [0.05, 0.1) is 7.11 Å². The SMILES string of the molecule is COc1cc(/C=C/C(=O)Nc2nn[nH]n2)ccc1OCc1ccccc1. The first-order valence-electron chi connectivity index (χ1n) is 7.82. The number of carbonyl (C=O) groups is 1. The first-order chi connectivity index (χ1) is 12.7. The molecule has 0 atom stereocenters. The van der Waals surface area contributed by atoms with Crippen molar-refractivity contribution in [3.63, 3.8) is 0 Å². The lowest BCUT2D eigenvalue weighted by Crippen LogP contribution is -2.09. The highest BCUT2D eigenvalue weighted by Gasteiger charge is 2.06. The molecule has 2 aromatic carbocycles. The number of ether oxygens (including phenoxy) is 2. The van der Waals surface area contributed by atoms with Gasteiger partial charge in [-0.3, -0.25) is 10.1 Å². The molecule has 0 radical (unpaired) electrons. The van der Waals surface area contributed by atoms with E-state index in [4.69, 9.17) is 9.47 Å². The van der Waals surface area contributed by atoms with Gasteiger partial charge in [-0.25, -0.2) is 0 Å². The maximum atomic E-state index is 11.8. The van der Waals surface area contributed by atoms with E-state index in [1.165, 1.54) is 6.08 Å². The molecule has 2 N–H and O–H groups in total. The number of nitrogens with one attached hydrogen (secondary N) is 2. The summed E-state index contributed by atoms with van der Waals surface area (Å²) >= 11 is 0. The van der Waals surface area contributed by atoms with Gasteiger partial charge in [-0.15, -0.1) is 5.10 Å². The van der Waals surface area contributed by atoms with Gasteiger partial charge in [0, 0.05) is 6.08 Å². The van der Waals surface area contributed by atoms with Crippen molar-refractivity contribution in [3.05, 3.63) is 65.7 Å². The molecule has 0 spiro atoms. The predicted octanol–water partition coefficient (Wildman–Crippen LogP) is 2.44. The van der Waals surface area contributed by atoms with Crippen LogP contribution in [-0.2, 0) is 11.4 Å². The standard InChI is InChI=1S/C18H17N5O3/c1-25-16-11-13(8-10-17(24)19-18-20-22-23-21-18)7-9-15(16)26-12-14-5-3-2-4-6-14/h2-11H,12H2,1H3,(H2,19,20,21,22,23,24)/b10-8+. The Morgan fingerprint density at radius 1 is 1.19 bits per heavy atom. The summed E-state index contributed by atoms with van der Waals surface area (Å²) in [7, 11) is 1.57. The monoisotopic (exact) mass is 351 g/mol. The van der Waals surface area contributed by atoms with Gasteiger partial charge in [-0.05, 0) is 34.5 Å². The minimum atomic E-state index is -0.366. The molecule has 0 saturated heterocycles. The Kier molecular flexibility index (Phi) is 5.56. The number of aromatic amines is 1. The number of aromatic nitrogens is 4. The van der Waals surface area contributed by atoms with E-state index in [2.05, 4.69) is 25.9 Å². The zero-order chi connectivity index (χ0) is 18.2. The van der Waals surface area contributed by atoms with Gasteiger partial charge >= 0.3 is 0 Å². The summed E-state index contributed by atoms with van der Waals surface area (Å²) in [5.74, 6) is 0.961. The fourth-order valence-electron chi connectivity index (χ4n) is 2.18. The minimum Gasteiger partial charge on any atom is -0.493 e. The Bertz CT molecular complexity index is 879. The molecule has 0 aliphatic carbocycles. The van der Waals surface area contributed by atoms with Crippen molar-refractivity contribution < 1.29 is 14.3 Å². The second-order valence-corrected chi connectivity index (χ2v) is 5.24. The van der Waals surface area contributed by atoms with Gasteiger partial charge in [-0.1, -0.05) is 41.5 Å². The molecule has 0 fully saturated rings. The Labute approximate surface area is 149 Å². The molecule has 0 unspecified atom stereocenters. The Morgan fingerprint density at radius 2 is 2.04 bits per heavy atom. The van der Waals surface area contributed by atoms with E-state index in [1.807, 2.05) is 36.4 Å². The van der Waals surface area contributed by atoms with Gasteiger partial charge in [-0.2, -0.15) is 5.21 Å². The van der Waals surface area contributed by atoms with Crippen molar-refractivity contribution in [1.82, 2.24) is 20.6 Å². The third-order valence-electron chi connectivity index (χ3n) is 3.43. The molecule has 8 heteroatoms. The number of anilines is 1. The number of carbonyl (C=O) groups excluding carboxylic acids is 1. The summed E-state index contributed by atoms with van der Waals surface area (Å²) in [6.45, 7) is 0.444. The zero-order valence-electron chi connectivity index (χ0n) is 14.0. The van der Waals surface area contributed by atoms with E-state index in [1.54, 1.807) is 25.3 Å². The largest absolute Gasteiger partial charge is 0.493 e. The lowest BCUT2D eigenvalue weighted by atomic mass is 10.2. The Morgan fingerprint density at radius 3 is 2.77 bits per heavy atom. The van der Waals surface area contributed by atoms with Gasteiger partial charge in [0.25, 0.3) is 11.9 Å². The Hall–Kier alpha value is -3.68. The third kappa shape index (κ3) is 4.67. The third-order valence-corrected chi connectivity index (χ3v) is 3.43. The van der Waals surface area contributed by atoms with Crippen LogP contribution in [0.2, 0.25) is 0 Å². The molecule has 8 nitrogen and oxygen atoms in total. The topological polar surface area (TPSA) is 102 Å². The van der Waals surface area contributed by atoms with Crippen LogP contribution in [0.1, 0.15) is 11.1 Å². The minimum absolute atomic E-state index is 0.113. The van der Waals surface area contributed by atoms with Crippen LogP contribution in [0.3, 0.4) is 0 Å². The fraction of sp³-hybridized carbons (Fsp3) is 0.111. The molecule has 132 valence electrons. The van der Waals surface area contributed by atoms with Crippen molar-refractivity contribution in [2.75, 3.05) is 12.4 Å². The first kappa shape index (κ1) is 17.2. The molecule has 0 aliphatic heterocycles. The van der Waals surface area contributed by atoms with Crippen molar-refractivity contribution in [2.24, 2.45) is 0 Å². The number of amides is 1. The maximum Gasteiger partial charge on any atom is 0.270 e. The summed E-state index contributed by atoms with van der Waals surface area (Å²) in [6, 6.07) is 15.3. The number of H-pyrrole nitrogens is 1. The van der Waals surface area contributed by atoms with Gasteiger partial charge in [0.2, 0.25) is 0 Å². The molecule has 0 bridgehead atoms. The van der Waals surface area contributed by atoms with Crippen molar-refractivity contribution in [3.8, 4) is 11.5 Å². The highest BCUT2D eigenvalue weighted by atomic mass is 16.5. The summed E-state index contributed by atoms with van der Waals surface area (Å²) in [5.41, 5.74) is 1.86. The number of methoxy groups -OCH3 is 1. The first-order valence-corrected chi connectivity index (χ1v) is 7.82. The van der Waals surface area contributed by atoms with E-state index < -0.39 is 0 Å². The molecule has 1 aromatic heterocycles. The zero-order valence-corrected chi connectivity index (χ0v) is 14.0. The fourth-order valence-corrected chi connectivity index (χ4v) is 2.18. The number of rotatable bonds is 7. The summed E-state index contributed by atoms with van der Waals surface area (Å²) < 4.78 is 11.2. The van der Waals surface area contributed by atoms with Crippen LogP contribution in [0.15, 0.2) is 54.6 Å². The van der Waals surface area contributed by atoms with E-state index in [0.29, 0.717) is 18.1 Å². The van der Waals surface area contributed by atoms with Crippen LogP contribution in [0, 0.1) is 0 Å². The average molecular weight is 351 g/mol. The van der Waals surface area contributed by atoms with E-state index in [9.17, 15) is 4.79 Å². The average Bonchev–Trinajstić information content (AvgIpc) is 3.18. The molecular weight excluding hydrogens is 334 g/mol. The molecular formula is C18H17N5O3. The highest BCUT2D eigenvalue weighted by Crippen LogP contribution is 2.29.